The zero-order valence-corrected chi connectivity index (χ0v) is 14.4. The van der Waals surface area contributed by atoms with Gasteiger partial charge in [-0.05, 0) is 54.3 Å². The van der Waals surface area contributed by atoms with E-state index in [1.807, 2.05) is 50.2 Å². The molecule has 3 heteroatoms. The lowest BCUT2D eigenvalue weighted by Crippen LogP contribution is -2.08. The first-order chi connectivity index (χ1) is 12.0. The molecule has 2 aromatic carbocycles. The summed E-state index contributed by atoms with van der Waals surface area (Å²) in [5.74, 6) is -0.306. The minimum absolute atomic E-state index is 0.0111. The topological polar surface area (TPSA) is 30.0 Å². The Hall–Kier alpha value is -2.81. The predicted octanol–water partition coefficient (Wildman–Crippen LogP) is 4.86. The average Bonchev–Trinajstić information content (AvgIpc) is 2.59. The Labute approximate surface area is 147 Å². The van der Waals surface area contributed by atoms with Crippen LogP contribution in [0.5, 0.6) is 0 Å². The van der Waals surface area contributed by atoms with Gasteiger partial charge in [0.25, 0.3) is 0 Å². The summed E-state index contributed by atoms with van der Waals surface area (Å²) in [7, 11) is 0. The first kappa shape index (κ1) is 17.0. The maximum absolute atomic E-state index is 13.8. The molecule has 1 heterocycles. The lowest BCUT2D eigenvalue weighted by atomic mass is 9.99. The van der Waals surface area contributed by atoms with E-state index < -0.39 is 0 Å². The highest BCUT2D eigenvalue weighted by atomic mass is 19.1. The van der Waals surface area contributed by atoms with Crippen LogP contribution in [0.1, 0.15) is 22.4 Å². The number of halogens is 1. The fourth-order valence-electron chi connectivity index (χ4n) is 2.88. The number of rotatable bonds is 5. The minimum atomic E-state index is -0.317. The van der Waals surface area contributed by atoms with Gasteiger partial charge in [0.05, 0.1) is 0 Å². The third kappa shape index (κ3) is 4.38. The molecule has 0 aliphatic rings. The lowest BCUT2D eigenvalue weighted by molar-refractivity contribution is -0.117. The highest BCUT2D eigenvalue weighted by Gasteiger charge is 2.10. The van der Waals surface area contributed by atoms with Gasteiger partial charge in [-0.3, -0.25) is 9.78 Å². The summed E-state index contributed by atoms with van der Waals surface area (Å²) in [5.41, 5.74) is 5.53. The molecule has 0 atom stereocenters. The SMILES string of the molecule is Cc1ccc(F)c(CC(=O)Cc2ccc(-c3ccnc(C)c3)cc2)c1. The van der Waals surface area contributed by atoms with Crippen LogP contribution in [0.4, 0.5) is 4.39 Å². The molecule has 0 saturated heterocycles. The van der Waals surface area contributed by atoms with Gasteiger partial charge in [0.1, 0.15) is 11.6 Å². The molecule has 1 aromatic heterocycles. The standard InChI is InChI=1S/C22H20FNO/c1-15-3-8-22(23)20(11-15)14-21(25)13-17-4-6-18(7-5-17)19-9-10-24-16(2)12-19/h3-12H,13-14H2,1-2H3. The van der Waals surface area contributed by atoms with Gasteiger partial charge >= 0.3 is 0 Å². The fourth-order valence-corrected chi connectivity index (χ4v) is 2.88. The predicted molar refractivity (Wildman–Crippen MR) is 98.0 cm³/mol. The number of aryl methyl sites for hydroxylation is 2. The second-order valence-electron chi connectivity index (χ2n) is 6.37. The Morgan fingerprint density at radius 1 is 0.920 bits per heavy atom. The van der Waals surface area contributed by atoms with Crippen LogP contribution in [0, 0.1) is 19.7 Å². The first-order valence-corrected chi connectivity index (χ1v) is 8.30. The van der Waals surface area contributed by atoms with Crippen molar-refractivity contribution in [3.05, 3.63) is 89.0 Å². The number of hydrogen-bond donors (Lipinski definition) is 0. The highest BCUT2D eigenvalue weighted by Crippen LogP contribution is 2.20. The summed E-state index contributed by atoms with van der Waals surface area (Å²) in [4.78, 5) is 16.5. The zero-order valence-electron chi connectivity index (χ0n) is 14.4. The Morgan fingerprint density at radius 2 is 1.68 bits per heavy atom. The van der Waals surface area contributed by atoms with Crippen molar-refractivity contribution in [2.24, 2.45) is 0 Å². The Balaban J connectivity index is 1.69. The second kappa shape index (κ2) is 7.39. The molecule has 2 nitrogen and oxygen atoms in total. The van der Waals surface area contributed by atoms with Crippen LogP contribution in [0.25, 0.3) is 11.1 Å². The van der Waals surface area contributed by atoms with Gasteiger partial charge in [0.2, 0.25) is 0 Å². The van der Waals surface area contributed by atoms with Gasteiger partial charge in [-0.25, -0.2) is 4.39 Å². The summed E-state index contributed by atoms with van der Waals surface area (Å²) in [6, 6.07) is 16.8. The normalized spacial score (nSPS) is 10.7. The second-order valence-corrected chi connectivity index (χ2v) is 6.37. The van der Waals surface area contributed by atoms with Crippen LogP contribution in [0.15, 0.2) is 60.8 Å². The summed E-state index contributed by atoms with van der Waals surface area (Å²) >= 11 is 0. The number of ketones is 1. The summed E-state index contributed by atoms with van der Waals surface area (Å²) in [5, 5.41) is 0. The van der Waals surface area contributed by atoms with Gasteiger partial charge in [0, 0.05) is 24.7 Å². The molecule has 126 valence electrons. The van der Waals surface area contributed by atoms with Crippen LogP contribution >= 0.6 is 0 Å². The smallest absolute Gasteiger partial charge is 0.141 e. The van der Waals surface area contributed by atoms with Crippen LogP contribution in [-0.2, 0) is 17.6 Å². The molecule has 25 heavy (non-hydrogen) atoms. The third-order valence-electron chi connectivity index (χ3n) is 4.17. The van der Waals surface area contributed by atoms with E-state index in [2.05, 4.69) is 4.98 Å². The van der Waals surface area contributed by atoms with Crippen LogP contribution in [-0.4, -0.2) is 10.8 Å². The van der Waals surface area contributed by atoms with Crippen molar-refractivity contribution in [2.75, 3.05) is 0 Å². The van der Waals surface area contributed by atoms with Crippen molar-refractivity contribution < 1.29 is 9.18 Å². The van der Waals surface area contributed by atoms with E-state index in [1.54, 1.807) is 18.3 Å². The van der Waals surface area contributed by atoms with Crippen LogP contribution in [0.3, 0.4) is 0 Å². The number of benzene rings is 2. The minimum Gasteiger partial charge on any atom is -0.299 e. The molecule has 0 spiro atoms. The van der Waals surface area contributed by atoms with E-state index in [-0.39, 0.29) is 18.0 Å². The van der Waals surface area contributed by atoms with Gasteiger partial charge in [-0.15, -0.1) is 0 Å². The maximum atomic E-state index is 13.8. The third-order valence-corrected chi connectivity index (χ3v) is 4.17. The molecule has 0 bridgehead atoms. The molecule has 0 aliphatic heterocycles. The molecule has 0 aliphatic carbocycles. The molecular formula is C22H20FNO. The molecule has 0 unspecified atom stereocenters. The molecule has 3 rings (SSSR count). The number of nitrogens with zero attached hydrogens (tertiary/aromatic N) is 1. The number of aromatic nitrogens is 1. The molecule has 0 fully saturated rings. The number of carbonyl (C=O) groups excluding carboxylic acids is 1. The van der Waals surface area contributed by atoms with Crippen molar-refractivity contribution in [2.45, 2.75) is 26.7 Å². The Bertz CT molecular complexity index is 900. The van der Waals surface area contributed by atoms with Crippen molar-refractivity contribution in [1.82, 2.24) is 4.98 Å². The molecule has 0 radical (unpaired) electrons. The van der Waals surface area contributed by atoms with E-state index in [0.717, 1.165) is 27.9 Å². The van der Waals surface area contributed by atoms with Gasteiger partial charge in [-0.1, -0.05) is 42.0 Å². The number of Topliss-reactive ketones (excluding diaryl/α,β-unsaturated/α-hetero) is 1. The Morgan fingerprint density at radius 3 is 2.40 bits per heavy atom. The van der Waals surface area contributed by atoms with Gasteiger partial charge in [-0.2, -0.15) is 0 Å². The maximum Gasteiger partial charge on any atom is 0.141 e. The van der Waals surface area contributed by atoms with Crippen molar-refractivity contribution in [1.29, 1.82) is 0 Å². The quantitative estimate of drug-likeness (QED) is 0.667. The van der Waals surface area contributed by atoms with Crippen molar-refractivity contribution >= 4 is 5.78 Å². The number of hydrogen-bond acceptors (Lipinski definition) is 2. The zero-order chi connectivity index (χ0) is 17.8. The number of carbonyl (C=O) groups is 1. The van der Waals surface area contributed by atoms with E-state index in [1.165, 1.54) is 6.07 Å². The van der Waals surface area contributed by atoms with E-state index in [9.17, 15) is 9.18 Å². The van der Waals surface area contributed by atoms with Crippen molar-refractivity contribution in [3.8, 4) is 11.1 Å². The molecule has 0 N–H and O–H groups in total. The van der Waals surface area contributed by atoms with Gasteiger partial charge < -0.3 is 0 Å². The van der Waals surface area contributed by atoms with Crippen LogP contribution < -0.4 is 0 Å². The summed E-state index contributed by atoms with van der Waals surface area (Å²) in [6.45, 7) is 3.86. The molecule has 0 amide bonds. The first-order valence-electron chi connectivity index (χ1n) is 8.30. The highest BCUT2D eigenvalue weighted by molar-refractivity contribution is 5.83. The molecule has 0 saturated carbocycles. The fraction of sp³-hybridized carbons (Fsp3) is 0.182. The van der Waals surface area contributed by atoms with Gasteiger partial charge in [0.15, 0.2) is 0 Å². The van der Waals surface area contributed by atoms with E-state index in [4.69, 9.17) is 0 Å². The van der Waals surface area contributed by atoms with Crippen LogP contribution in [0.2, 0.25) is 0 Å². The van der Waals surface area contributed by atoms with E-state index >= 15 is 0 Å². The largest absolute Gasteiger partial charge is 0.299 e. The van der Waals surface area contributed by atoms with E-state index in [0.29, 0.717) is 12.0 Å². The number of pyridine rings is 1. The summed E-state index contributed by atoms with van der Waals surface area (Å²) < 4.78 is 13.8. The molecule has 3 aromatic rings. The monoisotopic (exact) mass is 333 g/mol. The molecular weight excluding hydrogens is 313 g/mol. The average molecular weight is 333 g/mol. The lowest BCUT2D eigenvalue weighted by Gasteiger charge is -2.06. The summed E-state index contributed by atoms with van der Waals surface area (Å²) in [6.07, 6.45) is 2.22. The van der Waals surface area contributed by atoms with Crippen molar-refractivity contribution in [3.63, 3.8) is 0 Å². The Kier molecular flexibility index (Phi) is 5.03.